The number of fused-ring (bicyclic) bond motifs is 1. The molecule has 0 saturated carbocycles. The Balaban J connectivity index is 1.51. The highest BCUT2D eigenvalue weighted by Gasteiger charge is 2.19. The van der Waals surface area contributed by atoms with Crippen LogP contribution in [0.25, 0.3) is 10.2 Å². The average molecular weight is 492 g/mol. The van der Waals surface area contributed by atoms with Crippen LogP contribution in [-0.2, 0) is 11.3 Å². The molecule has 0 aliphatic carbocycles. The number of amides is 2. The van der Waals surface area contributed by atoms with E-state index in [1.807, 2.05) is 58.0 Å². The molecule has 2 amide bonds. The molecule has 0 unspecified atom stereocenters. The number of halogens is 1. The van der Waals surface area contributed by atoms with Crippen LogP contribution >= 0.6 is 22.9 Å². The SMILES string of the molecule is O=C(N=c1sc2ccccc2n1Cc1cccc(C(=O)N2CCOCC2)c1)c1cccc(Cl)c1. The van der Waals surface area contributed by atoms with Crippen molar-refractivity contribution < 1.29 is 14.3 Å². The number of ether oxygens (including phenoxy) is 1. The van der Waals surface area contributed by atoms with E-state index < -0.39 is 0 Å². The summed E-state index contributed by atoms with van der Waals surface area (Å²) in [5.74, 6) is -0.342. The molecule has 3 aromatic carbocycles. The summed E-state index contributed by atoms with van der Waals surface area (Å²) in [5.41, 5.74) is 3.03. The minimum atomic E-state index is -0.348. The molecule has 0 bridgehead atoms. The third-order valence-corrected chi connectivity index (χ3v) is 6.96. The third-order valence-electron chi connectivity index (χ3n) is 5.67. The smallest absolute Gasteiger partial charge is 0.279 e. The monoisotopic (exact) mass is 491 g/mol. The first kappa shape index (κ1) is 22.5. The molecule has 5 rings (SSSR count). The highest BCUT2D eigenvalue weighted by molar-refractivity contribution is 7.16. The zero-order chi connectivity index (χ0) is 23.5. The normalized spacial score (nSPS) is 14.5. The minimum Gasteiger partial charge on any atom is -0.378 e. The van der Waals surface area contributed by atoms with Gasteiger partial charge in [-0.25, -0.2) is 0 Å². The van der Waals surface area contributed by atoms with Crippen LogP contribution in [0.3, 0.4) is 0 Å². The third kappa shape index (κ3) is 4.82. The number of carbonyl (C=O) groups excluding carboxylic acids is 2. The fourth-order valence-corrected chi connectivity index (χ4v) is 5.18. The highest BCUT2D eigenvalue weighted by Crippen LogP contribution is 2.19. The van der Waals surface area contributed by atoms with Gasteiger partial charge in [-0.05, 0) is 48.0 Å². The number of para-hydroxylation sites is 1. The van der Waals surface area contributed by atoms with E-state index in [0.717, 1.165) is 15.8 Å². The van der Waals surface area contributed by atoms with E-state index in [4.69, 9.17) is 16.3 Å². The van der Waals surface area contributed by atoms with Gasteiger partial charge in [0, 0.05) is 29.2 Å². The van der Waals surface area contributed by atoms with E-state index in [9.17, 15) is 9.59 Å². The molecule has 1 saturated heterocycles. The summed E-state index contributed by atoms with van der Waals surface area (Å²) < 4.78 is 8.41. The predicted molar refractivity (Wildman–Crippen MR) is 133 cm³/mol. The first-order chi connectivity index (χ1) is 16.6. The lowest BCUT2D eigenvalue weighted by molar-refractivity contribution is 0.0303. The molecule has 1 fully saturated rings. The molecule has 0 spiro atoms. The van der Waals surface area contributed by atoms with E-state index in [1.54, 1.807) is 24.3 Å². The molecule has 6 nitrogen and oxygen atoms in total. The van der Waals surface area contributed by atoms with Gasteiger partial charge >= 0.3 is 0 Å². The van der Waals surface area contributed by atoms with Crippen LogP contribution in [-0.4, -0.2) is 47.6 Å². The van der Waals surface area contributed by atoms with Crippen LogP contribution in [0.15, 0.2) is 77.8 Å². The Morgan fingerprint density at radius 3 is 2.53 bits per heavy atom. The molecule has 2 heterocycles. The number of rotatable bonds is 4. The summed E-state index contributed by atoms with van der Waals surface area (Å²) in [6.07, 6.45) is 0. The van der Waals surface area contributed by atoms with Gasteiger partial charge in [-0.2, -0.15) is 4.99 Å². The molecule has 34 heavy (non-hydrogen) atoms. The quantitative estimate of drug-likeness (QED) is 0.418. The molecule has 0 atom stereocenters. The fourth-order valence-electron chi connectivity index (χ4n) is 3.97. The Labute approximate surface area is 205 Å². The predicted octanol–water partition coefficient (Wildman–Crippen LogP) is 4.62. The highest BCUT2D eigenvalue weighted by atomic mass is 35.5. The lowest BCUT2D eigenvalue weighted by Gasteiger charge is -2.27. The van der Waals surface area contributed by atoms with Crippen molar-refractivity contribution in [1.82, 2.24) is 9.47 Å². The first-order valence-corrected chi connectivity index (χ1v) is 12.2. The zero-order valence-corrected chi connectivity index (χ0v) is 19.9. The zero-order valence-electron chi connectivity index (χ0n) is 18.3. The van der Waals surface area contributed by atoms with Crippen molar-refractivity contribution in [2.75, 3.05) is 26.3 Å². The number of thiazole rings is 1. The second-order valence-electron chi connectivity index (χ2n) is 7.97. The molecule has 4 aromatic rings. The molecule has 1 aliphatic rings. The second-order valence-corrected chi connectivity index (χ2v) is 9.42. The summed E-state index contributed by atoms with van der Waals surface area (Å²) in [4.78, 5) is 32.7. The molecule has 1 aliphatic heterocycles. The number of carbonyl (C=O) groups is 2. The summed E-state index contributed by atoms with van der Waals surface area (Å²) in [6, 6.07) is 22.4. The Morgan fingerprint density at radius 2 is 1.71 bits per heavy atom. The number of benzene rings is 3. The van der Waals surface area contributed by atoms with Crippen molar-refractivity contribution >= 4 is 45.0 Å². The molecule has 0 radical (unpaired) electrons. The molecule has 0 N–H and O–H groups in total. The molecule has 1 aromatic heterocycles. The lowest BCUT2D eigenvalue weighted by atomic mass is 10.1. The average Bonchev–Trinajstić information content (AvgIpc) is 3.21. The number of aromatic nitrogens is 1. The van der Waals surface area contributed by atoms with Gasteiger partial charge in [-0.15, -0.1) is 0 Å². The van der Waals surface area contributed by atoms with Crippen molar-refractivity contribution in [3.8, 4) is 0 Å². The van der Waals surface area contributed by atoms with Crippen LogP contribution in [0.2, 0.25) is 5.02 Å². The fraction of sp³-hybridized carbons (Fsp3) is 0.192. The van der Waals surface area contributed by atoms with Gasteiger partial charge in [0.25, 0.3) is 11.8 Å². The molecular formula is C26H22ClN3O3S. The van der Waals surface area contributed by atoms with E-state index in [1.165, 1.54) is 11.3 Å². The van der Waals surface area contributed by atoms with Crippen LogP contribution in [0.5, 0.6) is 0 Å². The van der Waals surface area contributed by atoms with Gasteiger partial charge in [-0.1, -0.05) is 53.3 Å². The van der Waals surface area contributed by atoms with E-state index in [2.05, 4.69) is 4.99 Å². The van der Waals surface area contributed by atoms with Crippen molar-refractivity contribution in [2.24, 2.45) is 4.99 Å². The number of hydrogen-bond acceptors (Lipinski definition) is 4. The Morgan fingerprint density at radius 1 is 0.941 bits per heavy atom. The standard InChI is InChI=1S/C26H22ClN3O3S/c27-21-8-4-6-19(16-21)24(31)28-26-30(22-9-1-2-10-23(22)34-26)17-18-5-3-7-20(15-18)25(32)29-11-13-33-14-12-29/h1-10,15-16H,11-14,17H2. The van der Waals surface area contributed by atoms with Gasteiger partial charge in [-0.3, -0.25) is 9.59 Å². The number of hydrogen-bond donors (Lipinski definition) is 0. The largest absolute Gasteiger partial charge is 0.378 e. The minimum absolute atomic E-state index is 0.00590. The Kier molecular flexibility index (Phi) is 6.58. The second kappa shape index (κ2) is 9.93. The van der Waals surface area contributed by atoms with Gasteiger partial charge in [0.15, 0.2) is 4.80 Å². The van der Waals surface area contributed by atoms with Crippen LogP contribution in [0, 0.1) is 0 Å². The van der Waals surface area contributed by atoms with Gasteiger partial charge in [0.1, 0.15) is 0 Å². The number of nitrogens with zero attached hydrogens (tertiary/aromatic N) is 3. The van der Waals surface area contributed by atoms with Crippen LogP contribution in [0.4, 0.5) is 0 Å². The van der Waals surface area contributed by atoms with Gasteiger partial charge < -0.3 is 14.2 Å². The topological polar surface area (TPSA) is 63.9 Å². The van der Waals surface area contributed by atoms with Crippen molar-refractivity contribution in [3.05, 3.63) is 99.3 Å². The molecular weight excluding hydrogens is 470 g/mol. The number of morpholine rings is 1. The van der Waals surface area contributed by atoms with Crippen LogP contribution in [0.1, 0.15) is 26.3 Å². The van der Waals surface area contributed by atoms with Crippen molar-refractivity contribution in [2.45, 2.75) is 6.54 Å². The lowest BCUT2D eigenvalue weighted by Crippen LogP contribution is -2.40. The van der Waals surface area contributed by atoms with E-state index >= 15 is 0 Å². The van der Waals surface area contributed by atoms with Gasteiger partial charge in [0.2, 0.25) is 0 Å². The maximum atomic E-state index is 13.0. The summed E-state index contributed by atoms with van der Waals surface area (Å²) in [7, 11) is 0. The maximum Gasteiger partial charge on any atom is 0.279 e. The van der Waals surface area contributed by atoms with E-state index in [-0.39, 0.29) is 11.8 Å². The summed E-state index contributed by atoms with van der Waals surface area (Å²) in [6.45, 7) is 2.81. The van der Waals surface area contributed by atoms with E-state index in [0.29, 0.717) is 53.8 Å². The Bertz CT molecular complexity index is 1440. The van der Waals surface area contributed by atoms with Crippen molar-refractivity contribution in [3.63, 3.8) is 0 Å². The summed E-state index contributed by atoms with van der Waals surface area (Å²) in [5, 5.41) is 0.493. The maximum absolute atomic E-state index is 13.0. The first-order valence-electron chi connectivity index (χ1n) is 11.0. The molecule has 8 heteroatoms. The van der Waals surface area contributed by atoms with Gasteiger partial charge in [0.05, 0.1) is 30.0 Å². The summed E-state index contributed by atoms with van der Waals surface area (Å²) >= 11 is 7.51. The van der Waals surface area contributed by atoms with Crippen molar-refractivity contribution in [1.29, 1.82) is 0 Å². The van der Waals surface area contributed by atoms with Crippen LogP contribution < -0.4 is 4.80 Å². The molecule has 172 valence electrons. The Hall–Kier alpha value is -3.26.